The molecule has 7 rings (SSSR count). The molecule has 2 aliphatic rings. The molecule has 1 N–H and O–H groups in total. The Balaban J connectivity index is 1.04. The number of thiophene rings is 1. The molecule has 1 saturated carbocycles. The monoisotopic (exact) mass is 622 g/mol. The number of benzene rings is 1. The van der Waals surface area contributed by atoms with Gasteiger partial charge in [-0.3, -0.25) is 14.6 Å². The summed E-state index contributed by atoms with van der Waals surface area (Å²) < 4.78 is 45.4. The van der Waals surface area contributed by atoms with Crippen molar-refractivity contribution < 1.29 is 27.2 Å². The van der Waals surface area contributed by atoms with Crippen molar-refractivity contribution in [3.63, 3.8) is 0 Å². The van der Waals surface area contributed by atoms with Crippen LogP contribution in [0.5, 0.6) is 0 Å². The summed E-state index contributed by atoms with van der Waals surface area (Å²) in [6.45, 7) is -1.98. The van der Waals surface area contributed by atoms with Crippen LogP contribution >= 0.6 is 11.3 Å². The molecule has 0 unspecified atom stereocenters. The molecule has 1 aromatic carbocycles. The number of hydrogen-bond acceptors (Lipinski definition) is 9. The molecule has 226 valence electrons. The van der Waals surface area contributed by atoms with E-state index in [4.69, 9.17) is 4.42 Å². The van der Waals surface area contributed by atoms with E-state index in [1.165, 1.54) is 17.5 Å². The van der Waals surface area contributed by atoms with Crippen molar-refractivity contribution in [2.24, 2.45) is 11.8 Å². The highest BCUT2D eigenvalue weighted by Crippen LogP contribution is 2.38. The molecule has 1 aliphatic carbocycles. The maximum Gasteiger partial charge on any atom is 0.350 e. The molecule has 2 fully saturated rings. The molecule has 2 amide bonds. The molecule has 5 aromatic rings. The first-order valence-electron chi connectivity index (χ1n) is 14.0. The molecule has 0 bridgehead atoms. The normalized spacial score (nSPS) is 19.4. The van der Waals surface area contributed by atoms with Gasteiger partial charge in [-0.2, -0.15) is 20.1 Å². The average molecular weight is 623 g/mol. The number of hydrogen-bond donors (Lipinski definition) is 1. The maximum atomic E-state index is 13.5. The number of carbonyl (C=O) groups excluding carboxylic acids is 2. The van der Waals surface area contributed by atoms with Gasteiger partial charge in [-0.05, 0) is 83.1 Å². The number of tetrazole rings is 1. The fourth-order valence-corrected chi connectivity index (χ4v) is 6.30. The van der Waals surface area contributed by atoms with Gasteiger partial charge in [0.2, 0.25) is 11.8 Å². The second kappa shape index (κ2) is 11.4. The highest BCUT2D eigenvalue weighted by molar-refractivity contribution is 7.08. The maximum absolute atomic E-state index is 13.5. The summed E-state index contributed by atoms with van der Waals surface area (Å²) in [5.74, 6) is -0.965. The first-order chi connectivity index (χ1) is 21.3. The van der Waals surface area contributed by atoms with E-state index in [9.17, 15) is 22.8 Å². The van der Waals surface area contributed by atoms with Crippen molar-refractivity contribution in [1.29, 1.82) is 0 Å². The number of oxazole rings is 1. The van der Waals surface area contributed by atoms with E-state index < -0.39 is 18.6 Å². The molecular formula is C29H25F3N8O3S. The largest absolute Gasteiger partial charge is 0.436 e. The number of aromatic nitrogens is 6. The van der Waals surface area contributed by atoms with Crippen molar-refractivity contribution in [3.8, 4) is 11.5 Å². The van der Waals surface area contributed by atoms with E-state index in [1.54, 1.807) is 35.2 Å². The zero-order valence-electron chi connectivity index (χ0n) is 23.0. The summed E-state index contributed by atoms with van der Waals surface area (Å²) in [7, 11) is 0. The van der Waals surface area contributed by atoms with Gasteiger partial charge in [-0.15, -0.1) is 10.2 Å². The van der Waals surface area contributed by atoms with E-state index in [-0.39, 0.29) is 47.5 Å². The van der Waals surface area contributed by atoms with Gasteiger partial charge in [0.25, 0.3) is 5.91 Å². The van der Waals surface area contributed by atoms with Crippen LogP contribution in [0.1, 0.15) is 53.6 Å². The number of likely N-dealkylation sites (tertiary alicyclic amines) is 1. The first kappa shape index (κ1) is 28.1. The Morgan fingerprint density at radius 3 is 2.64 bits per heavy atom. The van der Waals surface area contributed by atoms with Crippen LogP contribution in [0.2, 0.25) is 0 Å². The zero-order chi connectivity index (χ0) is 30.4. The quantitative estimate of drug-likeness (QED) is 0.246. The summed E-state index contributed by atoms with van der Waals surface area (Å²) in [6, 6.07) is 10.2. The van der Waals surface area contributed by atoms with Crippen molar-refractivity contribution >= 4 is 39.9 Å². The summed E-state index contributed by atoms with van der Waals surface area (Å²) in [5.41, 5.74) is 3.21. The number of pyridine rings is 1. The molecule has 11 nitrogen and oxygen atoms in total. The Morgan fingerprint density at radius 2 is 1.93 bits per heavy atom. The molecule has 4 aromatic heterocycles. The number of alkyl halides is 3. The van der Waals surface area contributed by atoms with Gasteiger partial charge in [0, 0.05) is 30.5 Å². The van der Waals surface area contributed by atoms with Gasteiger partial charge in [0.15, 0.2) is 11.4 Å². The van der Waals surface area contributed by atoms with Crippen LogP contribution in [0.4, 0.5) is 18.9 Å². The summed E-state index contributed by atoms with van der Waals surface area (Å²) in [5, 5.41) is 18.0. The van der Waals surface area contributed by atoms with Crippen molar-refractivity contribution in [1.82, 2.24) is 35.1 Å². The molecular weight excluding hydrogens is 597 g/mol. The van der Waals surface area contributed by atoms with Crippen LogP contribution in [-0.2, 0) is 4.79 Å². The lowest BCUT2D eigenvalue weighted by Gasteiger charge is -2.34. The van der Waals surface area contributed by atoms with Crippen LogP contribution in [0.3, 0.4) is 0 Å². The predicted octanol–water partition coefficient (Wildman–Crippen LogP) is 5.31. The number of piperidine rings is 1. The number of amides is 2. The standard InChI is InChI=1S/C29H25F3N8O3S/c30-20-13-19(20)26(41)34-18-1-2-23-21(12-18)35-27(43-23)16-3-7-33-22(11-16)28(42)39-8-4-15(5-9-39)24(17-6-10-44-14-17)25-36-38-40(37-25)29(31)32/h1-3,6-7,10-12,14-15,19-20,24,29H,4-5,8-9,13H2,(H,34,41)/t19-,20+,24-/m1/s1. The van der Waals surface area contributed by atoms with Crippen molar-refractivity contribution in [2.45, 2.75) is 37.9 Å². The van der Waals surface area contributed by atoms with E-state index >= 15 is 0 Å². The van der Waals surface area contributed by atoms with Crippen LogP contribution in [0.25, 0.3) is 22.6 Å². The Labute approximate surface area is 252 Å². The first-order valence-corrected chi connectivity index (χ1v) is 15.0. The average Bonchev–Trinajstić information content (AvgIpc) is 3.48. The number of carbonyl (C=O) groups is 2. The SMILES string of the molecule is O=C(Nc1ccc2oc(-c3ccnc(C(=O)N4CCC([C@H](c5ccsc5)c5nnn(C(F)F)n5)CC4)c3)nc2c1)[C@@H]1C[C@@H]1F. The molecule has 0 radical (unpaired) electrons. The lowest BCUT2D eigenvalue weighted by atomic mass is 9.80. The lowest BCUT2D eigenvalue weighted by Crippen LogP contribution is -2.40. The van der Waals surface area contributed by atoms with Crippen molar-refractivity contribution in [3.05, 3.63) is 70.4 Å². The molecule has 1 saturated heterocycles. The van der Waals surface area contributed by atoms with Gasteiger partial charge in [-0.1, -0.05) is 4.80 Å². The number of nitrogens with one attached hydrogen (secondary N) is 1. The highest BCUT2D eigenvalue weighted by atomic mass is 32.1. The Bertz CT molecular complexity index is 1820. The molecule has 5 heterocycles. The minimum Gasteiger partial charge on any atom is -0.436 e. The third-order valence-corrected chi connectivity index (χ3v) is 8.73. The highest BCUT2D eigenvalue weighted by Gasteiger charge is 2.43. The zero-order valence-corrected chi connectivity index (χ0v) is 23.8. The van der Waals surface area contributed by atoms with Gasteiger partial charge in [0.1, 0.15) is 17.4 Å². The van der Waals surface area contributed by atoms with E-state index in [2.05, 4.69) is 30.7 Å². The number of halogens is 3. The summed E-state index contributed by atoms with van der Waals surface area (Å²) in [6.07, 6.45) is 1.90. The predicted molar refractivity (Wildman–Crippen MR) is 153 cm³/mol. The van der Waals surface area contributed by atoms with Crippen molar-refractivity contribution in [2.75, 3.05) is 18.4 Å². The fourth-order valence-electron chi connectivity index (χ4n) is 5.61. The van der Waals surface area contributed by atoms with E-state index in [1.807, 2.05) is 16.8 Å². The van der Waals surface area contributed by atoms with Gasteiger partial charge in [-0.25, -0.2) is 9.37 Å². The Hall–Kier alpha value is -4.66. The summed E-state index contributed by atoms with van der Waals surface area (Å²) in [4.78, 5) is 36.4. The molecule has 0 spiro atoms. The molecule has 1 aliphatic heterocycles. The Kier molecular flexibility index (Phi) is 7.32. The van der Waals surface area contributed by atoms with Crippen LogP contribution in [-0.4, -0.2) is 66.2 Å². The minimum absolute atomic E-state index is 0.0281. The molecule has 3 atom stereocenters. The number of fused-ring (bicyclic) bond motifs is 1. The van der Waals surface area contributed by atoms with Gasteiger partial charge >= 0.3 is 6.55 Å². The second-order valence-electron chi connectivity index (χ2n) is 10.9. The lowest BCUT2D eigenvalue weighted by molar-refractivity contribution is -0.117. The van der Waals surface area contributed by atoms with Crippen LogP contribution < -0.4 is 5.32 Å². The second-order valence-corrected chi connectivity index (χ2v) is 11.7. The third kappa shape index (κ3) is 5.54. The number of nitrogens with zero attached hydrogens (tertiary/aromatic N) is 7. The molecule has 44 heavy (non-hydrogen) atoms. The van der Waals surface area contributed by atoms with E-state index in [0.29, 0.717) is 53.1 Å². The number of anilines is 1. The van der Waals surface area contributed by atoms with Gasteiger partial charge in [0.05, 0.1) is 11.8 Å². The number of rotatable bonds is 8. The minimum atomic E-state index is -2.87. The summed E-state index contributed by atoms with van der Waals surface area (Å²) >= 11 is 1.50. The van der Waals surface area contributed by atoms with Crippen LogP contribution in [0.15, 0.2) is 57.8 Å². The van der Waals surface area contributed by atoms with Crippen LogP contribution in [0, 0.1) is 11.8 Å². The van der Waals surface area contributed by atoms with Gasteiger partial charge < -0.3 is 14.6 Å². The fraction of sp³-hybridized carbons (Fsp3) is 0.345. The molecule has 15 heteroatoms. The smallest absolute Gasteiger partial charge is 0.350 e. The Morgan fingerprint density at radius 1 is 1.11 bits per heavy atom. The topological polar surface area (TPSA) is 132 Å². The third-order valence-electron chi connectivity index (χ3n) is 8.03. The van der Waals surface area contributed by atoms with E-state index in [0.717, 1.165) is 5.56 Å².